The van der Waals surface area contributed by atoms with Crippen LogP contribution in [0, 0.1) is 0 Å². The molecule has 0 bridgehead atoms. The lowest BCUT2D eigenvalue weighted by Crippen LogP contribution is -2.27. The summed E-state index contributed by atoms with van der Waals surface area (Å²) < 4.78 is 7.53. The molecule has 0 N–H and O–H groups in total. The van der Waals surface area contributed by atoms with Gasteiger partial charge in [0.1, 0.15) is 11.2 Å². The number of hydrogen-bond donors (Lipinski definition) is 0. The number of nitrogens with zero attached hydrogens (tertiary/aromatic N) is 2. The number of rotatable bonds is 6. The van der Waals surface area contributed by atoms with E-state index in [1.54, 1.807) is 0 Å². The van der Waals surface area contributed by atoms with E-state index in [4.69, 9.17) is 4.42 Å². The molecule has 0 saturated carbocycles. The summed E-state index contributed by atoms with van der Waals surface area (Å²) in [5.74, 6) is 0. The maximum absolute atomic E-state index is 7.53. The zero-order chi connectivity index (χ0) is 54.9. The van der Waals surface area contributed by atoms with Gasteiger partial charge < -0.3 is 14.2 Å². The molecule has 11 aromatic rings. The Kier molecular flexibility index (Phi) is 11.2. The van der Waals surface area contributed by atoms with Gasteiger partial charge in [0, 0.05) is 39.4 Å². The maximum atomic E-state index is 7.53. The molecule has 1 unspecified atom stereocenters. The van der Waals surface area contributed by atoms with Gasteiger partial charge >= 0.3 is 0 Å². The van der Waals surface area contributed by atoms with Gasteiger partial charge in [-0.15, -0.1) is 0 Å². The molecule has 3 nitrogen and oxygen atoms in total. The predicted octanol–water partition coefficient (Wildman–Crippen LogP) is 21.5. The standard InChI is InChI=1S/C78H68N2O/c1-49-18-9-8-10-22-56(37-28-49)80(58-41-35-55(36-42-58)77(5,6)7)69-48-68-73(75-74(69)64-25-14-16-27-70(64)81-75)63-44-43-60(79(57-39-33-54(34-40-57)76(2,3)4)59-38-31-50-20-17-21-53(50)46-59)47-67(63)78(68)65-26-15-13-24-62(65)72-66(78)45-32-52-30-29-51-19-11-12-23-61(51)71(52)72/h11-16,19,22-48H,1,8-10,17-18,20-21H2,2-7H3/b37-28-,56-22+. The minimum Gasteiger partial charge on any atom is -0.455 e. The first-order valence-corrected chi connectivity index (χ1v) is 29.5. The molecule has 1 heterocycles. The number of benzene rings is 10. The SMILES string of the molecule is C=C1/C=C\C(N(c2ccc(C(C)(C)C)cc2)c2cc3c(c4oc5ccccc5c24)-c2ccc(N(c4ccc(C(C)(C)C)cc4)c4ccc5c(c4)CCC5)cc2C32c3ccccc3-c3c2ccc2ccc4ccccc4c32)=C/CCCC1. The fourth-order valence-electron chi connectivity index (χ4n) is 14.5. The fourth-order valence-corrected chi connectivity index (χ4v) is 14.5. The van der Waals surface area contributed by atoms with E-state index in [-0.39, 0.29) is 10.8 Å². The van der Waals surface area contributed by atoms with Crippen LogP contribution in [0.1, 0.15) is 118 Å². The summed E-state index contributed by atoms with van der Waals surface area (Å²) in [6, 6.07) is 72.4. The summed E-state index contributed by atoms with van der Waals surface area (Å²) in [6.07, 6.45) is 14.6. The molecule has 1 spiro atoms. The number of hydrogen-bond acceptors (Lipinski definition) is 3. The van der Waals surface area contributed by atoms with Gasteiger partial charge in [0.05, 0.1) is 16.5 Å². The van der Waals surface area contributed by atoms with E-state index in [2.05, 4.69) is 264 Å². The van der Waals surface area contributed by atoms with Crippen molar-refractivity contribution < 1.29 is 4.42 Å². The van der Waals surface area contributed by atoms with Crippen molar-refractivity contribution in [2.45, 2.75) is 103 Å². The summed E-state index contributed by atoms with van der Waals surface area (Å²) in [6.45, 7) is 18.4. The molecule has 4 aliphatic rings. The van der Waals surface area contributed by atoms with Crippen molar-refractivity contribution in [1.82, 2.24) is 0 Å². The lowest BCUT2D eigenvalue weighted by molar-refractivity contribution is 0.590. The molecule has 0 fully saturated rings. The van der Waals surface area contributed by atoms with Crippen LogP contribution < -0.4 is 9.80 Å². The van der Waals surface area contributed by atoms with Gasteiger partial charge in [-0.3, -0.25) is 0 Å². The lowest BCUT2D eigenvalue weighted by atomic mass is 9.70. The van der Waals surface area contributed by atoms with Crippen LogP contribution in [0.5, 0.6) is 0 Å². The normalized spacial score (nSPS) is 17.6. The van der Waals surface area contributed by atoms with Crippen molar-refractivity contribution in [1.29, 1.82) is 0 Å². The third-order valence-electron chi connectivity index (χ3n) is 18.5. The topological polar surface area (TPSA) is 19.6 Å². The van der Waals surface area contributed by atoms with Gasteiger partial charge in [-0.25, -0.2) is 0 Å². The average Bonchev–Trinajstić information content (AvgIpc) is 2.24. The molecule has 3 heteroatoms. The first-order valence-electron chi connectivity index (χ1n) is 29.5. The zero-order valence-electron chi connectivity index (χ0n) is 47.6. The van der Waals surface area contributed by atoms with E-state index in [1.165, 1.54) is 94.9 Å². The largest absolute Gasteiger partial charge is 0.455 e. The van der Waals surface area contributed by atoms with Crippen LogP contribution in [0.2, 0.25) is 0 Å². The quantitative estimate of drug-likeness (QED) is 0.155. The number of aryl methyl sites for hydroxylation is 2. The predicted molar refractivity (Wildman–Crippen MR) is 343 cm³/mol. The van der Waals surface area contributed by atoms with E-state index in [0.29, 0.717) is 0 Å². The molecule has 0 amide bonds. The first-order chi connectivity index (χ1) is 39.3. The molecule has 81 heavy (non-hydrogen) atoms. The van der Waals surface area contributed by atoms with Crippen LogP contribution in [0.15, 0.2) is 229 Å². The maximum Gasteiger partial charge on any atom is 0.145 e. The highest BCUT2D eigenvalue weighted by atomic mass is 16.3. The smallest absolute Gasteiger partial charge is 0.145 e. The first kappa shape index (κ1) is 49.4. The van der Waals surface area contributed by atoms with Crippen molar-refractivity contribution in [3.8, 4) is 22.3 Å². The molecule has 0 radical (unpaired) electrons. The Morgan fingerprint density at radius 1 is 0.457 bits per heavy atom. The Morgan fingerprint density at radius 2 is 1.10 bits per heavy atom. The van der Waals surface area contributed by atoms with Crippen LogP contribution in [0.4, 0.5) is 28.4 Å². The minimum absolute atomic E-state index is 0.0121. The molecule has 0 aliphatic heterocycles. The van der Waals surface area contributed by atoms with Crippen molar-refractivity contribution in [3.05, 3.63) is 269 Å². The lowest BCUT2D eigenvalue weighted by Gasteiger charge is -2.34. The highest BCUT2D eigenvalue weighted by Gasteiger charge is 2.54. The van der Waals surface area contributed by atoms with E-state index in [9.17, 15) is 0 Å². The Balaban J connectivity index is 1.08. The summed E-state index contributed by atoms with van der Waals surface area (Å²) in [4.78, 5) is 5.06. The van der Waals surface area contributed by atoms with Crippen molar-refractivity contribution >= 4 is 71.9 Å². The molecule has 4 aliphatic carbocycles. The second kappa shape index (κ2) is 18.4. The highest BCUT2D eigenvalue weighted by Crippen LogP contribution is 2.67. The molecule has 1 aromatic heterocycles. The molecule has 396 valence electrons. The number of anilines is 5. The van der Waals surface area contributed by atoms with Crippen LogP contribution in [0.3, 0.4) is 0 Å². The Hall–Kier alpha value is -8.66. The van der Waals surface area contributed by atoms with Gasteiger partial charge in [-0.1, -0.05) is 193 Å². The summed E-state index contributed by atoms with van der Waals surface area (Å²) in [5.41, 5.74) is 24.5. The average molecular weight is 1050 g/mol. The van der Waals surface area contributed by atoms with Crippen molar-refractivity contribution in [3.63, 3.8) is 0 Å². The molecule has 15 rings (SSSR count). The van der Waals surface area contributed by atoms with E-state index >= 15 is 0 Å². The summed E-state index contributed by atoms with van der Waals surface area (Å²) >= 11 is 0. The highest BCUT2D eigenvalue weighted by molar-refractivity contribution is 6.21. The molecule has 0 saturated heterocycles. The Labute approximate surface area is 477 Å². The molecule has 1 atom stereocenters. The van der Waals surface area contributed by atoms with Crippen LogP contribution in [-0.4, -0.2) is 0 Å². The van der Waals surface area contributed by atoms with Crippen molar-refractivity contribution in [2.75, 3.05) is 9.80 Å². The second-order valence-corrected chi connectivity index (χ2v) is 25.5. The monoisotopic (exact) mass is 1050 g/mol. The number of fused-ring (bicyclic) bond motifs is 19. The third kappa shape index (κ3) is 7.68. The van der Waals surface area contributed by atoms with Crippen molar-refractivity contribution in [2.24, 2.45) is 0 Å². The third-order valence-corrected chi connectivity index (χ3v) is 18.5. The van der Waals surface area contributed by atoms with Gasteiger partial charge in [0.2, 0.25) is 0 Å². The molecule has 10 aromatic carbocycles. The molecular weight excluding hydrogens is 981 g/mol. The van der Waals surface area contributed by atoms with Gasteiger partial charge in [-0.2, -0.15) is 0 Å². The van der Waals surface area contributed by atoms with E-state index in [1.807, 2.05) is 0 Å². The second-order valence-electron chi connectivity index (χ2n) is 25.5. The Bertz CT molecular complexity index is 4470. The fraction of sp³-hybridized carbons (Fsp3) is 0.205. The molecular formula is C78H68N2O. The zero-order valence-corrected chi connectivity index (χ0v) is 47.6. The van der Waals surface area contributed by atoms with Crippen LogP contribution in [-0.2, 0) is 29.1 Å². The van der Waals surface area contributed by atoms with Crippen LogP contribution in [0.25, 0.3) is 65.7 Å². The summed E-state index contributed by atoms with van der Waals surface area (Å²) in [7, 11) is 0. The van der Waals surface area contributed by atoms with Gasteiger partial charge in [-0.05, 0) is 205 Å². The summed E-state index contributed by atoms with van der Waals surface area (Å²) in [5, 5.41) is 7.26. The Morgan fingerprint density at radius 3 is 1.89 bits per heavy atom. The number of allylic oxidation sites excluding steroid dienone is 4. The number of para-hydroxylation sites is 1. The number of furan rings is 1. The van der Waals surface area contributed by atoms with E-state index < -0.39 is 5.41 Å². The van der Waals surface area contributed by atoms with Crippen LogP contribution >= 0.6 is 0 Å². The van der Waals surface area contributed by atoms with E-state index in [0.717, 1.165) is 100 Å². The van der Waals surface area contributed by atoms with Gasteiger partial charge in [0.25, 0.3) is 0 Å². The van der Waals surface area contributed by atoms with Gasteiger partial charge in [0.15, 0.2) is 0 Å². The minimum atomic E-state index is -0.766.